The van der Waals surface area contributed by atoms with Crippen molar-refractivity contribution < 1.29 is 69.1 Å². The van der Waals surface area contributed by atoms with Crippen molar-refractivity contribution in [3.05, 3.63) is 70.8 Å². The molecule has 3 heterocycles. The number of aliphatic hydroxyl groups is 1. The van der Waals surface area contributed by atoms with E-state index in [1.807, 2.05) is 55.5 Å². The fraction of sp³-hybridized carbons (Fsp3) is 0.273. The number of benzene rings is 2. The molecule has 4 aromatic rings. The van der Waals surface area contributed by atoms with E-state index in [9.17, 15) is 9.32 Å². The molecule has 10 nitrogen and oxygen atoms in total. The van der Waals surface area contributed by atoms with Crippen LogP contribution in [-0.2, 0) is 38.7 Å². The second kappa shape index (κ2) is 11.4. The van der Waals surface area contributed by atoms with E-state index in [4.69, 9.17) is 20.0 Å². The Kier molecular flexibility index (Phi) is 8.69. The molecule has 0 atom stereocenters. The maximum atomic E-state index is 11.6. The van der Waals surface area contributed by atoms with Crippen molar-refractivity contribution in [2.75, 3.05) is 0 Å². The number of hydrogen-bond acceptors (Lipinski definition) is 8. The molecule has 5 rings (SSSR count). The van der Waals surface area contributed by atoms with Crippen LogP contribution >= 0.6 is 11.6 Å². The number of nitrogens with zero attached hydrogens (tertiary/aromatic N) is 6. The molecule has 1 aliphatic rings. The summed E-state index contributed by atoms with van der Waals surface area (Å²) in [6.07, 6.45) is 1.16. The summed E-state index contributed by atoms with van der Waals surface area (Å²) >= 11 is 4.48. The summed E-state index contributed by atoms with van der Waals surface area (Å²) in [5.74, 6) is -0.410. The van der Waals surface area contributed by atoms with Gasteiger partial charge in [-0.3, -0.25) is 10.3 Å². The third-order valence-corrected chi connectivity index (χ3v) is 6.70. The maximum Gasteiger partial charge on any atom is 1.00 e. The summed E-state index contributed by atoms with van der Waals surface area (Å²) in [6.45, 7) is 2.00. The minimum Gasteiger partial charge on any atom is -0.390 e. The van der Waals surface area contributed by atoms with Crippen LogP contribution in [-0.4, -0.2) is 34.4 Å². The Morgan fingerprint density at radius 2 is 1.86 bits per heavy atom. The molecule has 2 aromatic carbocycles. The van der Waals surface area contributed by atoms with E-state index in [0.717, 1.165) is 22.3 Å². The van der Waals surface area contributed by atoms with Gasteiger partial charge in [-0.1, -0.05) is 73.5 Å². The molecule has 1 fully saturated rings. The largest absolute Gasteiger partial charge is 1.00 e. The van der Waals surface area contributed by atoms with Gasteiger partial charge in [-0.2, -0.15) is 9.42 Å². The Labute approximate surface area is 251 Å². The van der Waals surface area contributed by atoms with Crippen LogP contribution < -0.4 is 56.5 Å². The molecule has 0 amide bonds. The van der Waals surface area contributed by atoms with E-state index >= 15 is 0 Å². The van der Waals surface area contributed by atoms with Gasteiger partial charge in [0.15, 0.2) is 11.0 Å². The molecular weight excluding hydrogens is 519 g/mol. The van der Waals surface area contributed by atoms with Gasteiger partial charge in [0.1, 0.15) is 0 Å². The van der Waals surface area contributed by atoms with Crippen LogP contribution in [0, 0.1) is 0 Å². The Morgan fingerprint density at radius 1 is 1.14 bits per heavy atom. The Hall–Kier alpha value is -1.32. The molecule has 0 spiro atoms. The zero-order valence-corrected chi connectivity index (χ0v) is 23.8. The molecule has 0 bridgehead atoms. The minimum atomic E-state index is -1.83. The molecule has 2 aromatic heterocycles. The summed E-state index contributed by atoms with van der Waals surface area (Å²) in [5.41, 5.74) is 4.12. The molecule has 1 aliphatic heterocycles. The predicted octanol–water partition coefficient (Wildman–Crippen LogP) is 0.136. The number of halogens is 1. The van der Waals surface area contributed by atoms with Crippen LogP contribution in [0.2, 0.25) is 5.15 Å². The smallest absolute Gasteiger partial charge is 0.390 e. The van der Waals surface area contributed by atoms with Gasteiger partial charge in [-0.05, 0) is 22.3 Å². The van der Waals surface area contributed by atoms with Gasteiger partial charge in [-0.15, -0.1) is 0 Å². The van der Waals surface area contributed by atoms with E-state index in [-0.39, 0.29) is 63.1 Å². The average Bonchev–Trinajstić information content (AvgIpc) is 3.47. The minimum absolute atomic E-state index is 0. The summed E-state index contributed by atoms with van der Waals surface area (Å²) < 4.78 is 24.3. The first-order valence-corrected chi connectivity index (χ1v) is 12.0. The predicted molar refractivity (Wildman–Crippen MR) is 123 cm³/mol. The van der Waals surface area contributed by atoms with Gasteiger partial charge in [0.05, 0.1) is 12.3 Å². The fourth-order valence-electron chi connectivity index (χ4n) is 4.05. The van der Waals surface area contributed by atoms with Gasteiger partial charge < -0.3 is 14.8 Å². The zero-order valence-electron chi connectivity index (χ0n) is 19.1. The maximum absolute atomic E-state index is 11.6. The monoisotopic (exact) mass is 538 g/mol. The zero-order chi connectivity index (χ0) is 23.7. The number of imidazole rings is 1. The molecule has 35 heavy (non-hydrogen) atoms. The van der Waals surface area contributed by atoms with E-state index in [1.54, 1.807) is 4.57 Å². The van der Waals surface area contributed by atoms with Crippen molar-refractivity contribution in [2.24, 2.45) is 0 Å². The molecule has 1 saturated heterocycles. The van der Waals surface area contributed by atoms with Crippen LogP contribution in [0.3, 0.4) is 0 Å². The van der Waals surface area contributed by atoms with Crippen LogP contribution in [0.5, 0.6) is 0 Å². The first-order chi connectivity index (χ1) is 16.5. The topological polar surface area (TPSA) is 126 Å². The van der Waals surface area contributed by atoms with Gasteiger partial charge in [0.25, 0.3) is 5.79 Å². The molecule has 0 unspecified atom stereocenters. The van der Waals surface area contributed by atoms with E-state index in [2.05, 4.69) is 25.6 Å². The number of hydrogen-bond donors (Lipinski definition) is 1. The second-order valence-corrected chi connectivity index (χ2v) is 8.84. The molecular formula is C22H20ClKN6O4S. The summed E-state index contributed by atoms with van der Waals surface area (Å²) in [6, 6.07) is 15.7. The van der Waals surface area contributed by atoms with Gasteiger partial charge in [-0.25, -0.2) is 13.4 Å². The standard InChI is InChI=1S/C22H20ClN6O4S.K/c1-2-11-22(32-34(31)33-22)21-24-19(23)18(13-30)29(21)12-14-7-9-15(10-8-14)16-5-3-4-6-17(16)20-25-27-28-26-20;/h3-10,30H,2,11-13H2,1H3;/q-1;+1. The van der Waals surface area contributed by atoms with E-state index in [0.29, 0.717) is 36.7 Å². The van der Waals surface area contributed by atoms with E-state index < -0.39 is 17.1 Å². The molecule has 0 saturated carbocycles. The summed E-state index contributed by atoms with van der Waals surface area (Å²) in [7, 11) is 0. The van der Waals surface area contributed by atoms with Crippen molar-refractivity contribution in [1.82, 2.24) is 30.2 Å². The van der Waals surface area contributed by atoms with Gasteiger partial charge in [0, 0.05) is 18.8 Å². The molecule has 0 aliphatic carbocycles. The van der Waals surface area contributed by atoms with Crippen molar-refractivity contribution in [3.63, 3.8) is 0 Å². The number of aliphatic hydroxyl groups excluding tert-OH is 1. The van der Waals surface area contributed by atoms with E-state index in [1.165, 1.54) is 0 Å². The summed E-state index contributed by atoms with van der Waals surface area (Å²) in [5, 5.41) is 25.2. The second-order valence-electron chi connectivity index (χ2n) is 7.74. The first kappa shape index (κ1) is 26.7. The van der Waals surface area contributed by atoms with Crippen LogP contribution in [0.25, 0.3) is 22.5 Å². The Morgan fingerprint density at radius 3 is 2.46 bits per heavy atom. The quantitative estimate of drug-likeness (QED) is 0.311. The third-order valence-electron chi connectivity index (χ3n) is 5.59. The van der Waals surface area contributed by atoms with Crippen molar-refractivity contribution in [3.8, 4) is 22.5 Å². The number of rotatable bonds is 8. The van der Waals surface area contributed by atoms with Gasteiger partial charge >= 0.3 is 62.7 Å². The number of tetrazole rings is 1. The summed E-state index contributed by atoms with van der Waals surface area (Å²) in [4.78, 5) is 4.39. The van der Waals surface area contributed by atoms with Crippen molar-refractivity contribution >= 4 is 23.0 Å². The molecule has 176 valence electrons. The number of aromatic nitrogens is 6. The van der Waals surface area contributed by atoms with Crippen LogP contribution in [0.15, 0.2) is 48.5 Å². The molecule has 13 heteroatoms. The SMILES string of the molecule is CCCC1(c2nc(Cl)c(CO)n2Cc2ccc(-c3ccccc3-c3nnn[n-]3)cc2)OS(=O)O1.[K+]. The third kappa shape index (κ3) is 5.23. The van der Waals surface area contributed by atoms with Crippen LogP contribution in [0.4, 0.5) is 0 Å². The van der Waals surface area contributed by atoms with Crippen LogP contribution in [0.1, 0.15) is 36.8 Å². The molecule has 1 N–H and O–H groups in total. The first-order valence-electron chi connectivity index (χ1n) is 10.6. The average molecular weight is 539 g/mol. The van der Waals surface area contributed by atoms with Crippen molar-refractivity contribution in [1.29, 1.82) is 0 Å². The Balaban J connectivity index is 0.00000289. The van der Waals surface area contributed by atoms with Crippen molar-refractivity contribution in [2.45, 2.75) is 38.7 Å². The Bertz CT molecular complexity index is 1320. The molecule has 0 radical (unpaired) electrons. The van der Waals surface area contributed by atoms with Gasteiger partial charge in [0.2, 0.25) is 0 Å². The normalized spacial score (nSPS) is 19.2. The fourth-order valence-corrected chi connectivity index (χ4v) is 5.06.